The maximum atomic E-state index is 13.5. The van der Waals surface area contributed by atoms with Crippen molar-refractivity contribution in [1.82, 2.24) is 9.97 Å². The van der Waals surface area contributed by atoms with Gasteiger partial charge in [0.05, 0.1) is 5.69 Å². The highest BCUT2D eigenvalue weighted by atomic mass is 79.9. The van der Waals surface area contributed by atoms with Crippen LogP contribution in [0.1, 0.15) is 5.69 Å². The van der Waals surface area contributed by atoms with Crippen LogP contribution in [0.25, 0.3) is 11.3 Å². The average Bonchev–Trinajstić information content (AvgIpc) is 2.50. The fraction of sp³-hybridized carbons (Fsp3) is 0.100. The van der Waals surface area contributed by atoms with Crippen LogP contribution >= 0.6 is 15.9 Å². The van der Waals surface area contributed by atoms with Crippen LogP contribution in [0.15, 0.2) is 22.7 Å². The summed E-state index contributed by atoms with van der Waals surface area (Å²) in [5.74, 6) is -0.0188. The highest BCUT2D eigenvalue weighted by molar-refractivity contribution is 9.10. The predicted octanol–water partition coefficient (Wildman–Crippen LogP) is 2.87. The number of rotatable bonds is 1. The molecule has 15 heavy (non-hydrogen) atoms. The normalized spacial score (nSPS) is 10.6. The lowest BCUT2D eigenvalue weighted by atomic mass is 10.1. The van der Waals surface area contributed by atoms with E-state index in [1.54, 1.807) is 19.1 Å². The molecule has 0 aliphatic heterocycles. The molecule has 0 fully saturated rings. The second kappa shape index (κ2) is 3.66. The van der Waals surface area contributed by atoms with Crippen molar-refractivity contribution in [3.8, 4) is 11.3 Å². The Hall–Kier alpha value is -1.36. The van der Waals surface area contributed by atoms with Gasteiger partial charge in [0.2, 0.25) is 0 Å². The number of hydrogen-bond acceptors (Lipinski definition) is 2. The molecule has 78 valence electrons. The van der Waals surface area contributed by atoms with Gasteiger partial charge in [-0.2, -0.15) is 0 Å². The van der Waals surface area contributed by atoms with Gasteiger partial charge < -0.3 is 10.7 Å². The van der Waals surface area contributed by atoms with Crippen LogP contribution in [0.5, 0.6) is 0 Å². The Balaban J connectivity index is 2.62. The SMILES string of the molecule is Cc1[nH]c(N)nc1-c1cc(Br)ccc1F. The number of nitrogen functional groups attached to an aromatic ring is 1. The first kappa shape index (κ1) is 10.2. The molecule has 5 heteroatoms. The third kappa shape index (κ3) is 1.87. The van der Waals surface area contributed by atoms with E-state index in [0.29, 0.717) is 17.2 Å². The van der Waals surface area contributed by atoms with Crippen molar-refractivity contribution in [2.45, 2.75) is 6.92 Å². The first-order valence-corrected chi connectivity index (χ1v) is 5.14. The summed E-state index contributed by atoms with van der Waals surface area (Å²) in [6.45, 7) is 1.80. The molecule has 0 saturated heterocycles. The van der Waals surface area contributed by atoms with Gasteiger partial charge in [-0.15, -0.1) is 0 Å². The van der Waals surface area contributed by atoms with Gasteiger partial charge in [0, 0.05) is 15.7 Å². The molecule has 0 aliphatic carbocycles. The minimum atomic E-state index is -0.312. The molecule has 3 N–H and O–H groups in total. The summed E-state index contributed by atoms with van der Waals surface area (Å²) in [6, 6.07) is 4.71. The van der Waals surface area contributed by atoms with Crippen LogP contribution < -0.4 is 5.73 Å². The number of aromatic amines is 1. The third-order valence-electron chi connectivity index (χ3n) is 2.09. The van der Waals surface area contributed by atoms with Gasteiger partial charge in [-0.25, -0.2) is 9.37 Å². The number of halogens is 2. The van der Waals surface area contributed by atoms with Gasteiger partial charge in [0.15, 0.2) is 5.95 Å². The zero-order chi connectivity index (χ0) is 11.0. The van der Waals surface area contributed by atoms with Crippen LogP contribution in [0, 0.1) is 12.7 Å². The van der Waals surface area contributed by atoms with E-state index in [2.05, 4.69) is 25.9 Å². The zero-order valence-corrected chi connectivity index (χ0v) is 9.60. The van der Waals surface area contributed by atoms with Crippen LogP contribution in [-0.4, -0.2) is 9.97 Å². The molecule has 1 aromatic heterocycles. The van der Waals surface area contributed by atoms with Gasteiger partial charge in [-0.3, -0.25) is 0 Å². The van der Waals surface area contributed by atoms with Gasteiger partial charge in [-0.05, 0) is 25.1 Å². The smallest absolute Gasteiger partial charge is 0.198 e. The van der Waals surface area contributed by atoms with Crippen molar-refractivity contribution < 1.29 is 4.39 Å². The number of nitrogens with one attached hydrogen (secondary N) is 1. The molecule has 1 aromatic carbocycles. The summed E-state index contributed by atoms with van der Waals surface area (Å²) in [7, 11) is 0. The van der Waals surface area contributed by atoms with E-state index < -0.39 is 0 Å². The second-order valence-corrected chi connectivity index (χ2v) is 4.14. The summed E-state index contributed by atoms with van der Waals surface area (Å²) >= 11 is 3.29. The number of hydrogen-bond donors (Lipinski definition) is 2. The van der Waals surface area contributed by atoms with E-state index in [4.69, 9.17) is 5.73 Å². The van der Waals surface area contributed by atoms with E-state index >= 15 is 0 Å². The molecule has 2 rings (SSSR count). The van der Waals surface area contributed by atoms with E-state index in [9.17, 15) is 4.39 Å². The van der Waals surface area contributed by atoms with Crippen molar-refractivity contribution in [2.24, 2.45) is 0 Å². The fourth-order valence-corrected chi connectivity index (χ4v) is 1.79. The Morgan fingerprint density at radius 3 is 2.80 bits per heavy atom. The van der Waals surface area contributed by atoms with E-state index in [-0.39, 0.29) is 5.82 Å². The summed E-state index contributed by atoms with van der Waals surface area (Å²) in [6.07, 6.45) is 0. The molecule has 0 unspecified atom stereocenters. The van der Waals surface area contributed by atoms with Gasteiger partial charge >= 0.3 is 0 Å². The van der Waals surface area contributed by atoms with E-state index in [1.807, 2.05) is 0 Å². The molecule has 0 spiro atoms. The number of nitrogens with two attached hydrogens (primary N) is 1. The molecule has 0 bridgehead atoms. The molecule has 0 atom stereocenters. The van der Waals surface area contributed by atoms with Crippen LogP contribution in [-0.2, 0) is 0 Å². The molecule has 0 amide bonds. The number of benzene rings is 1. The van der Waals surface area contributed by atoms with Crippen LogP contribution in [0.4, 0.5) is 10.3 Å². The van der Waals surface area contributed by atoms with Crippen LogP contribution in [0.3, 0.4) is 0 Å². The predicted molar refractivity (Wildman–Crippen MR) is 60.8 cm³/mol. The molecule has 0 saturated carbocycles. The van der Waals surface area contributed by atoms with Crippen molar-refractivity contribution in [3.63, 3.8) is 0 Å². The number of imidazole rings is 1. The highest BCUT2D eigenvalue weighted by Gasteiger charge is 2.12. The van der Waals surface area contributed by atoms with Gasteiger partial charge in [0.25, 0.3) is 0 Å². The third-order valence-corrected chi connectivity index (χ3v) is 2.58. The first-order chi connectivity index (χ1) is 7.08. The number of anilines is 1. The van der Waals surface area contributed by atoms with Crippen molar-refractivity contribution in [3.05, 3.63) is 34.2 Å². The summed E-state index contributed by atoms with van der Waals surface area (Å²) < 4.78 is 14.3. The molecular formula is C10H9BrFN3. The lowest BCUT2D eigenvalue weighted by Gasteiger charge is -2.01. The Bertz CT molecular complexity index is 507. The summed E-state index contributed by atoms with van der Waals surface area (Å²) in [5, 5.41) is 0. The molecule has 0 radical (unpaired) electrons. The topological polar surface area (TPSA) is 54.7 Å². The molecule has 1 heterocycles. The highest BCUT2D eigenvalue weighted by Crippen LogP contribution is 2.27. The summed E-state index contributed by atoms with van der Waals surface area (Å²) in [4.78, 5) is 6.88. The molecule has 2 aromatic rings. The maximum Gasteiger partial charge on any atom is 0.198 e. The Kier molecular flexibility index (Phi) is 2.48. The van der Waals surface area contributed by atoms with Crippen molar-refractivity contribution in [2.75, 3.05) is 5.73 Å². The van der Waals surface area contributed by atoms with E-state index in [1.165, 1.54) is 6.07 Å². The van der Waals surface area contributed by atoms with E-state index in [0.717, 1.165) is 10.2 Å². The van der Waals surface area contributed by atoms with Crippen LogP contribution in [0.2, 0.25) is 0 Å². The first-order valence-electron chi connectivity index (χ1n) is 4.35. The number of H-pyrrole nitrogens is 1. The fourth-order valence-electron chi connectivity index (χ4n) is 1.42. The van der Waals surface area contributed by atoms with Crippen molar-refractivity contribution >= 4 is 21.9 Å². The van der Waals surface area contributed by atoms with Gasteiger partial charge in [0.1, 0.15) is 5.82 Å². The molecule has 3 nitrogen and oxygen atoms in total. The molecular weight excluding hydrogens is 261 g/mol. The lowest BCUT2D eigenvalue weighted by molar-refractivity contribution is 0.630. The Morgan fingerprint density at radius 1 is 1.47 bits per heavy atom. The largest absolute Gasteiger partial charge is 0.369 e. The zero-order valence-electron chi connectivity index (χ0n) is 8.01. The maximum absolute atomic E-state index is 13.5. The standard InChI is InChI=1S/C10H9BrFN3/c1-5-9(15-10(13)14-5)7-4-6(11)2-3-8(7)12/h2-4H,1H3,(H3,13,14,15). The second-order valence-electron chi connectivity index (χ2n) is 3.22. The van der Waals surface area contributed by atoms with Crippen molar-refractivity contribution in [1.29, 1.82) is 0 Å². The summed E-state index contributed by atoms with van der Waals surface area (Å²) in [5.41, 5.74) is 7.25. The minimum absolute atomic E-state index is 0.293. The lowest BCUT2D eigenvalue weighted by Crippen LogP contribution is -1.88. The number of aromatic nitrogens is 2. The number of aryl methyl sites for hydroxylation is 1. The Morgan fingerprint density at radius 2 is 2.20 bits per heavy atom. The Labute approximate surface area is 94.7 Å². The van der Waals surface area contributed by atoms with Gasteiger partial charge in [-0.1, -0.05) is 15.9 Å². The monoisotopic (exact) mass is 269 g/mol. The minimum Gasteiger partial charge on any atom is -0.369 e. The quantitative estimate of drug-likeness (QED) is 0.837. The average molecular weight is 270 g/mol. The molecule has 0 aliphatic rings. The number of nitrogens with zero attached hydrogens (tertiary/aromatic N) is 1.